The van der Waals surface area contributed by atoms with Gasteiger partial charge in [-0.25, -0.2) is 0 Å². The summed E-state index contributed by atoms with van der Waals surface area (Å²) in [4.78, 5) is 2.42. The van der Waals surface area contributed by atoms with E-state index in [1.54, 1.807) is 0 Å². The molecule has 1 unspecified atom stereocenters. The lowest BCUT2D eigenvalue weighted by Gasteiger charge is -2.20. The van der Waals surface area contributed by atoms with Crippen molar-refractivity contribution in [1.82, 2.24) is 0 Å². The Bertz CT molecular complexity index is 351. The van der Waals surface area contributed by atoms with Crippen LogP contribution in [-0.4, -0.2) is 13.1 Å². The third kappa shape index (κ3) is 2.38. The van der Waals surface area contributed by atoms with Gasteiger partial charge in [-0.15, -0.1) is 0 Å². The summed E-state index contributed by atoms with van der Waals surface area (Å²) in [5.74, 6) is 0.851. The summed E-state index contributed by atoms with van der Waals surface area (Å²) in [5, 5.41) is 0. The molecule has 0 radical (unpaired) electrons. The zero-order chi connectivity index (χ0) is 10.8. The van der Waals surface area contributed by atoms with Crippen LogP contribution in [0.25, 0.3) is 0 Å². The van der Waals surface area contributed by atoms with Crippen LogP contribution < -0.4 is 10.6 Å². The lowest BCUT2D eigenvalue weighted by atomic mass is 10.1. The zero-order valence-electron chi connectivity index (χ0n) is 9.04. The fraction of sp³-hybridized carbons (Fsp3) is 0.500. The SMILES string of the molecule is CCC1CCN(c2ccc(I)cc2N)C1. The minimum absolute atomic E-state index is 0.851. The van der Waals surface area contributed by atoms with Gasteiger partial charge in [0.05, 0.1) is 11.4 Å². The van der Waals surface area contributed by atoms with Crippen molar-refractivity contribution in [3.63, 3.8) is 0 Å². The van der Waals surface area contributed by atoms with Crippen molar-refractivity contribution in [2.45, 2.75) is 19.8 Å². The van der Waals surface area contributed by atoms with Crippen LogP contribution in [0.2, 0.25) is 0 Å². The summed E-state index contributed by atoms with van der Waals surface area (Å²) in [6.45, 7) is 4.59. The average Bonchev–Trinajstić information content (AvgIpc) is 2.66. The van der Waals surface area contributed by atoms with Gasteiger partial charge >= 0.3 is 0 Å². The van der Waals surface area contributed by atoms with E-state index in [2.05, 4.69) is 52.6 Å². The van der Waals surface area contributed by atoms with Crippen LogP contribution in [0.5, 0.6) is 0 Å². The number of nitrogens with two attached hydrogens (primary N) is 1. The molecule has 3 heteroatoms. The quantitative estimate of drug-likeness (QED) is 0.671. The largest absolute Gasteiger partial charge is 0.397 e. The van der Waals surface area contributed by atoms with Crippen LogP contribution in [0.1, 0.15) is 19.8 Å². The Balaban J connectivity index is 2.17. The lowest BCUT2D eigenvalue weighted by Crippen LogP contribution is -2.20. The molecular weight excluding hydrogens is 299 g/mol. The summed E-state index contributed by atoms with van der Waals surface area (Å²) in [5.41, 5.74) is 8.17. The highest BCUT2D eigenvalue weighted by Crippen LogP contribution is 2.30. The molecule has 1 atom stereocenters. The van der Waals surface area contributed by atoms with E-state index in [1.165, 1.54) is 28.6 Å². The second kappa shape index (κ2) is 4.60. The van der Waals surface area contributed by atoms with E-state index in [4.69, 9.17) is 5.73 Å². The van der Waals surface area contributed by atoms with E-state index >= 15 is 0 Å². The third-order valence-electron chi connectivity index (χ3n) is 3.19. The Morgan fingerprint density at radius 1 is 1.53 bits per heavy atom. The van der Waals surface area contributed by atoms with Gasteiger partial charge in [-0.1, -0.05) is 13.3 Å². The fourth-order valence-electron chi connectivity index (χ4n) is 2.20. The standard InChI is InChI=1S/C12H17IN2/c1-2-9-5-6-15(8-9)12-4-3-10(13)7-11(12)14/h3-4,7,9H,2,5-6,8,14H2,1H3. The molecule has 2 nitrogen and oxygen atoms in total. The zero-order valence-corrected chi connectivity index (χ0v) is 11.2. The van der Waals surface area contributed by atoms with Crippen molar-refractivity contribution in [3.05, 3.63) is 21.8 Å². The monoisotopic (exact) mass is 316 g/mol. The second-order valence-electron chi connectivity index (χ2n) is 4.21. The highest BCUT2D eigenvalue weighted by Gasteiger charge is 2.22. The molecule has 0 bridgehead atoms. The van der Waals surface area contributed by atoms with Gasteiger partial charge in [-0.2, -0.15) is 0 Å². The molecule has 0 aliphatic carbocycles. The highest BCUT2D eigenvalue weighted by molar-refractivity contribution is 14.1. The molecule has 2 N–H and O–H groups in total. The number of nitrogen functional groups attached to an aromatic ring is 1. The predicted octanol–water partition coefficient (Wildman–Crippen LogP) is 3.11. The van der Waals surface area contributed by atoms with E-state index in [-0.39, 0.29) is 0 Å². The molecule has 0 spiro atoms. The minimum Gasteiger partial charge on any atom is -0.397 e. The number of hydrogen-bond donors (Lipinski definition) is 1. The second-order valence-corrected chi connectivity index (χ2v) is 5.46. The molecule has 1 saturated heterocycles. The molecule has 1 aromatic rings. The molecule has 82 valence electrons. The summed E-state index contributed by atoms with van der Waals surface area (Å²) in [6.07, 6.45) is 2.59. The van der Waals surface area contributed by atoms with Gasteiger partial charge in [0, 0.05) is 16.7 Å². The van der Waals surface area contributed by atoms with Gasteiger partial charge in [0.2, 0.25) is 0 Å². The van der Waals surface area contributed by atoms with Crippen LogP contribution in [-0.2, 0) is 0 Å². The van der Waals surface area contributed by atoms with Crippen LogP contribution >= 0.6 is 22.6 Å². The maximum absolute atomic E-state index is 6.04. The summed E-state index contributed by atoms with van der Waals surface area (Å²) in [6, 6.07) is 6.33. The Morgan fingerprint density at radius 2 is 2.33 bits per heavy atom. The van der Waals surface area contributed by atoms with E-state index < -0.39 is 0 Å². The van der Waals surface area contributed by atoms with Gasteiger partial charge < -0.3 is 10.6 Å². The Kier molecular flexibility index (Phi) is 3.38. The topological polar surface area (TPSA) is 29.3 Å². The Hall–Kier alpha value is -0.450. The van der Waals surface area contributed by atoms with E-state index in [0.717, 1.165) is 18.2 Å². The van der Waals surface area contributed by atoms with Crippen LogP contribution in [0, 0.1) is 9.49 Å². The van der Waals surface area contributed by atoms with Gasteiger partial charge in [0.25, 0.3) is 0 Å². The molecule has 0 amide bonds. The van der Waals surface area contributed by atoms with Crippen LogP contribution in [0.4, 0.5) is 11.4 Å². The Labute approximate surface area is 105 Å². The number of halogens is 1. The van der Waals surface area contributed by atoms with E-state index in [1.807, 2.05) is 0 Å². The predicted molar refractivity (Wildman–Crippen MR) is 74.2 cm³/mol. The van der Waals surface area contributed by atoms with Crippen molar-refractivity contribution < 1.29 is 0 Å². The van der Waals surface area contributed by atoms with Crippen molar-refractivity contribution in [1.29, 1.82) is 0 Å². The number of benzene rings is 1. The van der Waals surface area contributed by atoms with Crippen molar-refractivity contribution in [2.24, 2.45) is 5.92 Å². The molecule has 1 aliphatic rings. The molecule has 15 heavy (non-hydrogen) atoms. The summed E-state index contributed by atoms with van der Waals surface area (Å²) in [7, 11) is 0. The van der Waals surface area contributed by atoms with Gasteiger partial charge in [0.15, 0.2) is 0 Å². The molecule has 0 aromatic heterocycles. The Morgan fingerprint density at radius 3 is 2.93 bits per heavy atom. The van der Waals surface area contributed by atoms with E-state index in [9.17, 15) is 0 Å². The van der Waals surface area contributed by atoms with E-state index in [0.29, 0.717) is 0 Å². The first kappa shape index (κ1) is 11.0. The number of rotatable bonds is 2. The first-order chi connectivity index (χ1) is 7.20. The summed E-state index contributed by atoms with van der Waals surface area (Å²) < 4.78 is 1.21. The molecule has 0 saturated carbocycles. The van der Waals surface area contributed by atoms with Crippen molar-refractivity contribution >= 4 is 34.0 Å². The van der Waals surface area contributed by atoms with Gasteiger partial charge in [-0.05, 0) is 53.1 Å². The third-order valence-corrected chi connectivity index (χ3v) is 3.86. The average molecular weight is 316 g/mol. The molecule has 1 aliphatic heterocycles. The molecular formula is C12H17IN2. The number of hydrogen-bond acceptors (Lipinski definition) is 2. The smallest absolute Gasteiger partial charge is 0.0600 e. The molecule has 1 heterocycles. The summed E-state index contributed by atoms with van der Waals surface area (Å²) >= 11 is 2.30. The lowest BCUT2D eigenvalue weighted by molar-refractivity contribution is 0.569. The van der Waals surface area contributed by atoms with Crippen molar-refractivity contribution in [3.8, 4) is 0 Å². The van der Waals surface area contributed by atoms with Crippen LogP contribution in [0.15, 0.2) is 18.2 Å². The minimum atomic E-state index is 0.851. The fourth-order valence-corrected chi connectivity index (χ4v) is 2.71. The van der Waals surface area contributed by atoms with Crippen LogP contribution in [0.3, 0.4) is 0 Å². The maximum atomic E-state index is 6.04. The molecule has 2 rings (SSSR count). The normalized spacial score (nSPS) is 20.9. The number of nitrogens with zero attached hydrogens (tertiary/aromatic N) is 1. The first-order valence-corrected chi connectivity index (χ1v) is 6.58. The number of anilines is 2. The highest BCUT2D eigenvalue weighted by atomic mass is 127. The molecule has 1 aromatic carbocycles. The van der Waals surface area contributed by atoms with Gasteiger partial charge in [0.1, 0.15) is 0 Å². The van der Waals surface area contributed by atoms with Gasteiger partial charge in [-0.3, -0.25) is 0 Å². The molecule has 1 fully saturated rings. The van der Waals surface area contributed by atoms with Crippen molar-refractivity contribution in [2.75, 3.05) is 23.7 Å². The first-order valence-electron chi connectivity index (χ1n) is 5.50. The maximum Gasteiger partial charge on any atom is 0.0600 e.